The lowest BCUT2D eigenvalue weighted by atomic mass is 9.57. The van der Waals surface area contributed by atoms with E-state index in [0.717, 1.165) is 0 Å². The van der Waals surface area contributed by atoms with Crippen LogP contribution in [0.1, 0.15) is 23.1 Å². The molecule has 5 rings (SSSR count). The molecule has 0 unspecified atom stereocenters. The molecular weight excluding hydrogens is 528 g/mol. The van der Waals surface area contributed by atoms with E-state index >= 15 is 0 Å². The Kier molecular flexibility index (Phi) is 6.44. The predicted octanol–water partition coefficient (Wildman–Crippen LogP) is 1.57. The molecule has 0 radical (unpaired) electrons. The first kappa shape index (κ1) is 27.9. The zero-order chi connectivity index (χ0) is 30.1. The number of fused-ring (bicyclic) bond motifs is 3. The van der Waals surface area contributed by atoms with E-state index in [-0.39, 0.29) is 29.7 Å². The molecule has 0 spiro atoms. The molecule has 0 aromatic heterocycles. The number of primary amides is 1. The fourth-order valence-electron chi connectivity index (χ4n) is 6.64. The van der Waals surface area contributed by atoms with E-state index in [1.807, 2.05) is 11.0 Å². The van der Waals surface area contributed by atoms with E-state index in [9.17, 15) is 34.8 Å². The lowest BCUT2D eigenvalue weighted by molar-refractivity contribution is -0.153. The molecule has 212 valence electrons. The van der Waals surface area contributed by atoms with Crippen LogP contribution in [0.4, 0.5) is 5.69 Å². The normalized spacial score (nSPS) is 25.4. The number of aromatic hydroxyl groups is 1. The number of nitriles is 1. The van der Waals surface area contributed by atoms with Gasteiger partial charge in [0, 0.05) is 36.8 Å². The summed E-state index contributed by atoms with van der Waals surface area (Å²) in [4.78, 5) is 42.8. The Balaban J connectivity index is 1.76. The highest BCUT2D eigenvalue weighted by Gasteiger charge is 2.64. The quantitative estimate of drug-likeness (QED) is 0.345. The van der Waals surface area contributed by atoms with Gasteiger partial charge in [-0.1, -0.05) is 12.1 Å². The van der Waals surface area contributed by atoms with Crippen molar-refractivity contribution in [2.75, 3.05) is 33.1 Å². The second kappa shape index (κ2) is 9.47. The van der Waals surface area contributed by atoms with Gasteiger partial charge in [0.1, 0.15) is 22.8 Å². The second-order valence-corrected chi connectivity index (χ2v) is 11.2. The molecule has 3 aliphatic carbocycles. The molecule has 2 aromatic carbocycles. The van der Waals surface area contributed by atoms with Crippen molar-refractivity contribution in [2.24, 2.45) is 17.6 Å². The number of Topliss-reactive ketones (excluding diaryl/α,β-unsaturated/α-hetero) is 2. The summed E-state index contributed by atoms with van der Waals surface area (Å²) in [5, 5.41) is 55.0. The summed E-state index contributed by atoms with van der Waals surface area (Å²) in [6, 6.07) is 9.15. The third-order valence-electron chi connectivity index (χ3n) is 8.50. The van der Waals surface area contributed by atoms with Crippen LogP contribution in [0.5, 0.6) is 5.75 Å². The highest BCUT2D eigenvalue weighted by molar-refractivity contribution is 6.24. The number of nitrogens with two attached hydrogens (primary N) is 1. The van der Waals surface area contributed by atoms with E-state index in [1.54, 1.807) is 58.5 Å². The molecule has 6 N–H and O–H groups in total. The van der Waals surface area contributed by atoms with Crippen LogP contribution in [0.3, 0.4) is 0 Å². The van der Waals surface area contributed by atoms with Gasteiger partial charge >= 0.3 is 0 Å². The minimum absolute atomic E-state index is 0.00634. The Morgan fingerprint density at radius 3 is 2.27 bits per heavy atom. The number of hydrogen-bond donors (Lipinski definition) is 5. The van der Waals surface area contributed by atoms with Gasteiger partial charge in [0.05, 0.1) is 23.2 Å². The first-order valence-electron chi connectivity index (χ1n) is 13.0. The molecule has 0 saturated heterocycles. The third-order valence-corrected chi connectivity index (χ3v) is 8.50. The van der Waals surface area contributed by atoms with Gasteiger partial charge in [0.2, 0.25) is 5.78 Å². The number of aliphatic hydroxyl groups excluding tert-OH is 2. The van der Waals surface area contributed by atoms with E-state index in [1.165, 1.54) is 4.90 Å². The Morgan fingerprint density at radius 2 is 1.73 bits per heavy atom. The monoisotopic (exact) mass is 558 g/mol. The minimum atomic E-state index is -2.70. The number of rotatable bonds is 4. The van der Waals surface area contributed by atoms with Crippen molar-refractivity contribution in [3.8, 4) is 22.9 Å². The topological polar surface area (TPSA) is 188 Å². The number of ketones is 2. The number of carbonyl (C=O) groups is 3. The van der Waals surface area contributed by atoms with Crippen molar-refractivity contribution in [2.45, 2.75) is 24.5 Å². The average molecular weight is 559 g/mol. The van der Waals surface area contributed by atoms with E-state index in [4.69, 9.17) is 11.0 Å². The van der Waals surface area contributed by atoms with Crippen LogP contribution in [0, 0.1) is 23.2 Å². The van der Waals surface area contributed by atoms with Crippen molar-refractivity contribution in [1.82, 2.24) is 4.90 Å². The number of amides is 1. The van der Waals surface area contributed by atoms with Crippen molar-refractivity contribution < 1.29 is 34.8 Å². The van der Waals surface area contributed by atoms with Crippen LogP contribution in [0.25, 0.3) is 16.9 Å². The van der Waals surface area contributed by atoms with Gasteiger partial charge in [0.25, 0.3) is 5.91 Å². The predicted molar refractivity (Wildman–Crippen MR) is 149 cm³/mol. The average Bonchev–Trinajstić information content (AvgIpc) is 2.90. The largest absolute Gasteiger partial charge is 0.508 e. The number of phenols is 1. The smallest absolute Gasteiger partial charge is 0.255 e. The maximum absolute atomic E-state index is 14.1. The molecule has 11 heteroatoms. The summed E-state index contributed by atoms with van der Waals surface area (Å²) >= 11 is 0. The fraction of sp³-hybridized carbons (Fsp3) is 0.333. The van der Waals surface area contributed by atoms with Gasteiger partial charge in [-0.05, 0) is 62.2 Å². The fourth-order valence-corrected chi connectivity index (χ4v) is 6.64. The van der Waals surface area contributed by atoms with Crippen molar-refractivity contribution >= 4 is 28.9 Å². The molecule has 11 nitrogen and oxygen atoms in total. The Hall–Kier alpha value is -4.66. The number of nitrogens with zero attached hydrogens (tertiary/aromatic N) is 3. The van der Waals surface area contributed by atoms with E-state index in [0.29, 0.717) is 27.9 Å². The van der Waals surface area contributed by atoms with Gasteiger partial charge in [0.15, 0.2) is 11.4 Å². The summed E-state index contributed by atoms with van der Waals surface area (Å²) in [5.74, 6) is -6.94. The summed E-state index contributed by atoms with van der Waals surface area (Å²) in [6.45, 7) is 0. The summed E-state index contributed by atoms with van der Waals surface area (Å²) < 4.78 is 0. The van der Waals surface area contributed by atoms with Gasteiger partial charge in [-0.25, -0.2) is 0 Å². The SMILES string of the molecule is CN(C)c1cc(-c2ccc(C#N)cc2)c(O)c2c1C[C@H]1C[C@H]3[C@H](N(C)C)C(=O)C(C(N)=O)=C(O)[C@@]3(O)C(=O)C1=C2O. The van der Waals surface area contributed by atoms with E-state index in [2.05, 4.69) is 0 Å². The first-order valence-corrected chi connectivity index (χ1v) is 13.0. The molecule has 0 heterocycles. The number of carbonyl (C=O) groups excluding carboxylic acids is 3. The summed E-state index contributed by atoms with van der Waals surface area (Å²) in [5.41, 5.74) is 4.18. The molecular formula is C30H30N4O7. The van der Waals surface area contributed by atoms with Crippen molar-refractivity contribution in [3.63, 3.8) is 0 Å². The maximum Gasteiger partial charge on any atom is 0.255 e. The van der Waals surface area contributed by atoms with Gasteiger partial charge in [-0.2, -0.15) is 5.26 Å². The van der Waals surface area contributed by atoms with Crippen LogP contribution in [-0.2, 0) is 20.8 Å². The van der Waals surface area contributed by atoms with Crippen LogP contribution < -0.4 is 10.6 Å². The van der Waals surface area contributed by atoms with Crippen LogP contribution in [-0.4, -0.2) is 82.6 Å². The van der Waals surface area contributed by atoms with Crippen LogP contribution in [0.15, 0.2) is 47.2 Å². The second-order valence-electron chi connectivity index (χ2n) is 11.2. The summed E-state index contributed by atoms with van der Waals surface area (Å²) in [7, 11) is 6.71. The molecule has 2 aromatic rings. The lowest BCUT2D eigenvalue weighted by Gasteiger charge is -2.50. The van der Waals surface area contributed by atoms with Gasteiger partial charge < -0.3 is 31.1 Å². The Bertz CT molecular complexity index is 1630. The number of hydrogen-bond acceptors (Lipinski definition) is 10. The molecule has 0 aliphatic heterocycles. The molecule has 1 fully saturated rings. The number of benzene rings is 2. The highest BCUT2D eigenvalue weighted by Crippen LogP contribution is 2.54. The van der Waals surface area contributed by atoms with E-state index < -0.39 is 58.0 Å². The van der Waals surface area contributed by atoms with Crippen molar-refractivity contribution in [1.29, 1.82) is 5.26 Å². The summed E-state index contributed by atoms with van der Waals surface area (Å²) in [6.07, 6.45) is 0.194. The lowest BCUT2D eigenvalue weighted by Crippen LogP contribution is -2.65. The van der Waals surface area contributed by atoms with Gasteiger partial charge in [-0.15, -0.1) is 0 Å². The highest BCUT2D eigenvalue weighted by atomic mass is 16.3. The molecule has 3 aliphatic rings. The van der Waals surface area contributed by atoms with Crippen LogP contribution >= 0.6 is 0 Å². The standard InChI is InChI=1S/C30H30N4O7/c1-33(2)19-11-16(14-7-5-13(12-31)6-8-14)24(35)21-17(19)9-15-10-18-23(34(3)4)26(37)22(29(32)40)28(39)30(18,41)27(38)20(15)25(21)36/h5-8,11,15,18,23,35-36,39,41H,9-10H2,1-4H3,(H2,32,40)/t15-,18-,23-,30-/m0/s1. The molecule has 1 saturated carbocycles. The van der Waals surface area contributed by atoms with Crippen LogP contribution in [0.2, 0.25) is 0 Å². The van der Waals surface area contributed by atoms with Crippen molar-refractivity contribution in [3.05, 3.63) is 63.9 Å². The molecule has 4 atom stereocenters. The zero-order valence-corrected chi connectivity index (χ0v) is 23.0. The molecule has 1 amide bonds. The number of anilines is 1. The molecule has 0 bridgehead atoms. The zero-order valence-electron chi connectivity index (χ0n) is 23.0. The number of likely N-dealkylation sites (N-methyl/N-ethyl adjacent to an activating group) is 1. The first-order chi connectivity index (χ1) is 19.2. The molecule has 41 heavy (non-hydrogen) atoms. The Labute approximate surface area is 236 Å². The number of aliphatic hydroxyl groups is 3. The van der Waals surface area contributed by atoms with Gasteiger partial charge in [-0.3, -0.25) is 19.3 Å². The maximum atomic E-state index is 14.1. The third kappa shape index (κ3) is 3.83. The minimum Gasteiger partial charge on any atom is -0.508 e. The Morgan fingerprint density at radius 1 is 1.10 bits per heavy atom. The number of phenolic OH excluding ortho intramolecular Hbond substituents is 1.